The monoisotopic (exact) mass is 473 g/mol. The average molecular weight is 474 g/mol. The molecule has 0 bridgehead atoms. The van der Waals surface area contributed by atoms with Gasteiger partial charge in [-0.15, -0.1) is 0 Å². The molecule has 0 saturated carbocycles. The Hall–Kier alpha value is -2.58. The lowest BCUT2D eigenvalue weighted by Gasteiger charge is -2.42. The molecule has 2 aromatic carbocycles. The molecule has 1 aliphatic heterocycles. The largest absolute Gasteiger partial charge is 0.372 e. The van der Waals surface area contributed by atoms with E-state index in [-0.39, 0.29) is 24.2 Å². The molecular weight excluding hydrogens is 438 g/mol. The van der Waals surface area contributed by atoms with Crippen molar-refractivity contribution < 1.29 is 17.9 Å². The number of nitrogens with one attached hydrogen (secondary N) is 2. The topological polar surface area (TPSA) is 87.7 Å². The van der Waals surface area contributed by atoms with Crippen LogP contribution in [-0.4, -0.2) is 43.9 Å². The molecule has 2 aromatic rings. The molecule has 1 heterocycles. The first-order chi connectivity index (χ1) is 15.3. The number of hydrogen-bond donors (Lipinski definition) is 2. The van der Waals surface area contributed by atoms with E-state index in [9.17, 15) is 13.2 Å². The van der Waals surface area contributed by atoms with Gasteiger partial charge in [0.1, 0.15) is 0 Å². The normalized spacial score (nSPS) is 21.5. The Morgan fingerprint density at radius 3 is 2.27 bits per heavy atom. The summed E-state index contributed by atoms with van der Waals surface area (Å²) in [5.41, 5.74) is 3.68. The van der Waals surface area contributed by atoms with Crippen LogP contribution in [0.1, 0.15) is 57.5 Å². The number of anilines is 3. The van der Waals surface area contributed by atoms with Gasteiger partial charge in [-0.25, -0.2) is 8.42 Å². The molecule has 0 aromatic heterocycles. The predicted octanol–water partition coefficient (Wildman–Crippen LogP) is 4.79. The Labute approximate surface area is 197 Å². The molecule has 7 nitrogen and oxygen atoms in total. The molecule has 0 spiro atoms. The van der Waals surface area contributed by atoms with Crippen LogP contribution < -0.4 is 14.9 Å². The summed E-state index contributed by atoms with van der Waals surface area (Å²) in [4.78, 5) is 15.1. The first kappa shape index (κ1) is 25.1. The average Bonchev–Trinajstić information content (AvgIpc) is 2.71. The molecule has 180 valence electrons. The molecule has 1 aliphatic rings. The number of hydrogen-bond acceptors (Lipinski definition) is 5. The van der Waals surface area contributed by atoms with Crippen LogP contribution in [0, 0.1) is 6.92 Å². The highest BCUT2D eigenvalue weighted by Crippen LogP contribution is 2.29. The molecule has 0 radical (unpaired) electrons. The number of morpholine rings is 1. The molecule has 0 aliphatic carbocycles. The number of nitrogens with zero attached hydrogens (tertiary/aromatic N) is 1. The van der Waals surface area contributed by atoms with Crippen molar-refractivity contribution >= 4 is 33.0 Å². The van der Waals surface area contributed by atoms with Gasteiger partial charge in [0.05, 0.1) is 23.0 Å². The van der Waals surface area contributed by atoms with Crippen molar-refractivity contribution in [1.82, 2.24) is 0 Å². The molecule has 2 N–H and O–H groups in total. The predicted molar refractivity (Wildman–Crippen MR) is 135 cm³/mol. The van der Waals surface area contributed by atoms with Crippen LogP contribution in [-0.2, 0) is 14.8 Å². The molecule has 1 unspecified atom stereocenters. The van der Waals surface area contributed by atoms with E-state index in [0.717, 1.165) is 23.5 Å². The SMILES string of the molecule is Cc1cc(N2C[C@H](C)O[C@H](C)C2C)ccc1NC(=O)c1ccc(NS(=O)(=O)C(C)(C)C)cc1. The number of carbonyl (C=O) groups excluding carboxylic acids is 1. The van der Waals surface area contributed by atoms with Crippen LogP contribution in [0.3, 0.4) is 0 Å². The van der Waals surface area contributed by atoms with Gasteiger partial charge >= 0.3 is 0 Å². The van der Waals surface area contributed by atoms with E-state index in [2.05, 4.69) is 41.8 Å². The number of ether oxygens (including phenoxy) is 1. The summed E-state index contributed by atoms with van der Waals surface area (Å²) < 4.78 is 32.2. The van der Waals surface area contributed by atoms with E-state index in [0.29, 0.717) is 11.3 Å². The Bertz CT molecular complexity index is 1110. The third-order valence-corrected chi connectivity index (χ3v) is 8.18. The van der Waals surface area contributed by atoms with Crippen molar-refractivity contribution in [3.05, 3.63) is 53.6 Å². The maximum atomic E-state index is 12.8. The maximum absolute atomic E-state index is 12.8. The van der Waals surface area contributed by atoms with E-state index in [1.54, 1.807) is 45.0 Å². The Morgan fingerprint density at radius 1 is 1.06 bits per heavy atom. The zero-order valence-electron chi connectivity index (χ0n) is 20.5. The van der Waals surface area contributed by atoms with Gasteiger partial charge in [0.25, 0.3) is 5.91 Å². The van der Waals surface area contributed by atoms with Gasteiger partial charge in [0, 0.05) is 29.2 Å². The fraction of sp³-hybridized carbons (Fsp3) is 0.480. The summed E-state index contributed by atoms with van der Waals surface area (Å²) in [6, 6.07) is 12.7. The van der Waals surface area contributed by atoms with Gasteiger partial charge in [-0.05, 0) is 96.5 Å². The van der Waals surface area contributed by atoms with Crippen molar-refractivity contribution in [2.45, 2.75) is 71.5 Å². The van der Waals surface area contributed by atoms with Gasteiger partial charge in [0.15, 0.2) is 0 Å². The van der Waals surface area contributed by atoms with Crippen LogP contribution in [0.25, 0.3) is 0 Å². The van der Waals surface area contributed by atoms with Crippen LogP contribution in [0.15, 0.2) is 42.5 Å². The smallest absolute Gasteiger partial charge is 0.255 e. The second-order valence-corrected chi connectivity index (χ2v) is 12.2. The third kappa shape index (κ3) is 5.68. The first-order valence-electron chi connectivity index (χ1n) is 11.2. The van der Waals surface area contributed by atoms with Crippen LogP contribution in [0.4, 0.5) is 17.1 Å². The van der Waals surface area contributed by atoms with Crippen LogP contribution in [0.5, 0.6) is 0 Å². The lowest BCUT2D eigenvalue weighted by atomic mass is 10.1. The van der Waals surface area contributed by atoms with E-state index in [1.165, 1.54) is 0 Å². The lowest BCUT2D eigenvalue weighted by molar-refractivity contribution is -0.0257. The van der Waals surface area contributed by atoms with Gasteiger partial charge < -0.3 is 15.0 Å². The standard InChI is InChI=1S/C25H35N3O4S/c1-16-14-22(28-15-17(2)32-19(4)18(28)3)12-13-23(16)26-24(29)20-8-10-21(11-9-20)27-33(30,31)25(5,6)7/h8-14,17-19,27H,15H2,1-7H3,(H,26,29)/t17-,18?,19+/m0/s1. The lowest BCUT2D eigenvalue weighted by Crippen LogP contribution is -2.52. The summed E-state index contributed by atoms with van der Waals surface area (Å²) in [7, 11) is -3.52. The second-order valence-electron chi connectivity index (χ2n) is 9.79. The molecule has 3 rings (SSSR count). The fourth-order valence-corrected chi connectivity index (χ4v) is 4.47. The number of sulfonamides is 1. The minimum Gasteiger partial charge on any atom is -0.372 e. The van der Waals surface area contributed by atoms with E-state index in [4.69, 9.17) is 4.74 Å². The molecule has 1 fully saturated rings. The number of benzene rings is 2. The zero-order chi connectivity index (χ0) is 24.6. The van der Waals surface area contributed by atoms with Crippen LogP contribution in [0.2, 0.25) is 0 Å². The fourth-order valence-electron chi connectivity index (χ4n) is 3.72. The molecule has 33 heavy (non-hydrogen) atoms. The molecule has 3 atom stereocenters. The van der Waals surface area contributed by atoms with Gasteiger partial charge in [-0.2, -0.15) is 0 Å². The molecule has 8 heteroatoms. The Morgan fingerprint density at radius 2 is 1.70 bits per heavy atom. The number of amides is 1. The van der Waals surface area contributed by atoms with Gasteiger partial charge in [-0.3, -0.25) is 9.52 Å². The number of rotatable bonds is 5. The number of aryl methyl sites for hydroxylation is 1. The molecule has 1 saturated heterocycles. The minimum atomic E-state index is -3.52. The Kier molecular flexibility index (Phi) is 7.10. The van der Waals surface area contributed by atoms with Gasteiger partial charge in [0.2, 0.25) is 10.0 Å². The van der Waals surface area contributed by atoms with Crippen LogP contribution >= 0.6 is 0 Å². The van der Waals surface area contributed by atoms with Crippen molar-refractivity contribution in [3.63, 3.8) is 0 Å². The maximum Gasteiger partial charge on any atom is 0.255 e. The van der Waals surface area contributed by atoms with Gasteiger partial charge in [-0.1, -0.05) is 0 Å². The van der Waals surface area contributed by atoms with E-state index in [1.807, 2.05) is 19.1 Å². The van der Waals surface area contributed by atoms with E-state index >= 15 is 0 Å². The zero-order valence-corrected chi connectivity index (χ0v) is 21.3. The molecule has 1 amide bonds. The van der Waals surface area contributed by atoms with Crippen molar-refractivity contribution in [2.24, 2.45) is 0 Å². The van der Waals surface area contributed by atoms with Crippen molar-refractivity contribution in [3.8, 4) is 0 Å². The molecular formula is C25H35N3O4S. The van der Waals surface area contributed by atoms with Crippen molar-refractivity contribution in [1.29, 1.82) is 0 Å². The summed E-state index contributed by atoms with van der Waals surface area (Å²) in [5.74, 6) is -0.252. The summed E-state index contributed by atoms with van der Waals surface area (Å²) in [6.45, 7) is 14.0. The van der Waals surface area contributed by atoms with Crippen molar-refractivity contribution in [2.75, 3.05) is 21.5 Å². The highest BCUT2D eigenvalue weighted by atomic mass is 32.2. The second kappa shape index (κ2) is 9.35. The third-order valence-electron chi connectivity index (χ3n) is 6.07. The summed E-state index contributed by atoms with van der Waals surface area (Å²) in [5, 5.41) is 2.96. The summed E-state index contributed by atoms with van der Waals surface area (Å²) in [6.07, 6.45) is 0.302. The highest BCUT2D eigenvalue weighted by molar-refractivity contribution is 7.94. The number of carbonyl (C=O) groups is 1. The quantitative estimate of drug-likeness (QED) is 0.652. The Balaban J connectivity index is 1.70. The van der Waals surface area contributed by atoms with E-state index < -0.39 is 14.8 Å². The summed E-state index contributed by atoms with van der Waals surface area (Å²) >= 11 is 0. The highest BCUT2D eigenvalue weighted by Gasteiger charge is 2.30. The first-order valence-corrected chi connectivity index (χ1v) is 12.7. The minimum absolute atomic E-state index is 0.143.